The van der Waals surface area contributed by atoms with E-state index in [0.29, 0.717) is 11.0 Å². The molecule has 0 saturated heterocycles. The fourth-order valence-corrected chi connectivity index (χ4v) is 2.45. The molecule has 1 aromatic heterocycles. The summed E-state index contributed by atoms with van der Waals surface area (Å²) in [5.41, 5.74) is 9.71. The molecule has 0 amide bonds. The van der Waals surface area contributed by atoms with E-state index < -0.39 is 0 Å². The first-order chi connectivity index (χ1) is 9.60. The van der Waals surface area contributed by atoms with Gasteiger partial charge in [-0.1, -0.05) is 17.7 Å². The van der Waals surface area contributed by atoms with Crippen molar-refractivity contribution in [1.82, 2.24) is 9.55 Å². The first-order valence-corrected chi connectivity index (χ1v) is 6.56. The number of aryl methyl sites for hydroxylation is 1. The van der Waals surface area contributed by atoms with Crippen molar-refractivity contribution in [1.29, 1.82) is 0 Å². The van der Waals surface area contributed by atoms with Crippen LogP contribution in [-0.2, 0) is 0 Å². The number of nitrogens with zero attached hydrogens (tertiary/aromatic N) is 2. The number of nitrogens with two attached hydrogens (primary N) is 1. The third kappa shape index (κ3) is 1.98. The van der Waals surface area contributed by atoms with Crippen LogP contribution in [0.1, 0.15) is 5.56 Å². The lowest BCUT2D eigenvalue weighted by Gasteiger charge is -2.10. The van der Waals surface area contributed by atoms with E-state index in [9.17, 15) is 0 Å². The smallest absolute Gasteiger partial charge is 0.205 e. The molecular formula is C15H14ClN3O. The molecule has 0 unspecified atom stereocenters. The standard InChI is InChI=1S/C15H14ClN3O/c1-9-3-6-13-12(7-9)18-15(17)19(13)14-8-10(20-2)4-5-11(14)16/h3-8H,1-2H3,(H2,17,18). The van der Waals surface area contributed by atoms with Gasteiger partial charge in [0.2, 0.25) is 5.95 Å². The molecule has 2 N–H and O–H groups in total. The minimum atomic E-state index is 0.403. The summed E-state index contributed by atoms with van der Waals surface area (Å²) in [6, 6.07) is 11.5. The van der Waals surface area contributed by atoms with Crippen LogP contribution in [0.25, 0.3) is 16.7 Å². The van der Waals surface area contributed by atoms with Gasteiger partial charge in [0.25, 0.3) is 0 Å². The molecule has 0 aliphatic carbocycles. The predicted octanol–water partition coefficient (Wildman–Crippen LogP) is 3.58. The summed E-state index contributed by atoms with van der Waals surface area (Å²) in [4.78, 5) is 4.39. The molecule has 0 spiro atoms. The second-order valence-electron chi connectivity index (χ2n) is 4.61. The maximum atomic E-state index is 6.29. The average Bonchev–Trinajstić information content (AvgIpc) is 2.74. The van der Waals surface area contributed by atoms with Crippen molar-refractivity contribution in [2.45, 2.75) is 6.92 Å². The van der Waals surface area contributed by atoms with E-state index in [2.05, 4.69) is 4.98 Å². The summed E-state index contributed by atoms with van der Waals surface area (Å²) in [5, 5.41) is 0.595. The van der Waals surface area contributed by atoms with Gasteiger partial charge in [-0.25, -0.2) is 4.98 Å². The lowest BCUT2D eigenvalue weighted by Crippen LogP contribution is -2.01. The predicted molar refractivity (Wildman–Crippen MR) is 81.8 cm³/mol. The molecule has 3 rings (SSSR count). The Labute approximate surface area is 121 Å². The Morgan fingerprint density at radius 2 is 2.00 bits per heavy atom. The van der Waals surface area contributed by atoms with Crippen molar-refractivity contribution in [3.63, 3.8) is 0 Å². The van der Waals surface area contributed by atoms with Gasteiger partial charge in [0, 0.05) is 6.07 Å². The number of anilines is 1. The number of ether oxygens (including phenoxy) is 1. The molecule has 0 atom stereocenters. The van der Waals surface area contributed by atoms with E-state index in [-0.39, 0.29) is 0 Å². The summed E-state index contributed by atoms with van der Waals surface area (Å²) in [5.74, 6) is 1.12. The monoisotopic (exact) mass is 287 g/mol. The number of fused-ring (bicyclic) bond motifs is 1. The average molecular weight is 288 g/mol. The van der Waals surface area contributed by atoms with E-state index in [1.54, 1.807) is 13.2 Å². The summed E-state index contributed by atoms with van der Waals surface area (Å²) in [7, 11) is 1.62. The highest BCUT2D eigenvalue weighted by molar-refractivity contribution is 6.32. The Kier molecular flexibility index (Phi) is 3.03. The van der Waals surface area contributed by atoms with Crippen LogP contribution in [0.4, 0.5) is 5.95 Å². The Hall–Kier alpha value is -2.20. The topological polar surface area (TPSA) is 53.1 Å². The van der Waals surface area contributed by atoms with Gasteiger partial charge >= 0.3 is 0 Å². The molecule has 0 saturated carbocycles. The molecule has 4 nitrogen and oxygen atoms in total. The first kappa shape index (κ1) is 12.8. The van der Waals surface area contributed by atoms with Crippen molar-refractivity contribution in [2.24, 2.45) is 0 Å². The normalized spacial score (nSPS) is 10.9. The Morgan fingerprint density at radius 1 is 1.20 bits per heavy atom. The number of aromatic nitrogens is 2. The third-order valence-electron chi connectivity index (χ3n) is 3.23. The van der Waals surface area contributed by atoms with Gasteiger partial charge in [-0.15, -0.1) is 0 Å². The van der Waals surface area contributed by atoms with Gasteiger partial charge in [-0.2, -0.15) is 0 Å². The Bertz CT molecular complexity index is 795. The van der Waals surface area contributed by atoms with Gasteiger partial charge in [0.15, 0.2) is 0 Å². The first-order valence-electron chi connectivity index (χ1n) is 6.18. The van der Waals surface area contributed by atoms with Crippen LogP contribution in [-0.4, -0.2) is 16.7 Å². The highest BCUT2D eigenvalue weighted by Crippen LogP contribution is 2.31. The number of hydrogen-bond acceptors (Lipinski definition) is 3. The van der Waals surface area contributed by atoms with Gasteiger partial charge in [-0.05, 0) is 36.8 Å². The summed E-state index contributed by atoms with van der Waals surface area (Å²) >= 11 is 6.29. The minimum absolute atomic E-state index is 0.403. The SMILES string of the molecule is COc1ccc(Cl)c(-n2c(N)nc3cc(C)ccc32)c1. The van der Waals surface area contributed by atoms with E-state index in [4.69, 9.17) is 22.1 Å². The number of benzene rings is 2. The van der Waals surface area contributed by atoms with Crippen LogP contribution < -0.4 is 10.5 Å². The van der Waals surface area contributed by atoms with E-state index in [1.807, 2.05) is 41.8 Å². The third-order valence-corrected chi connectivity index (χ3v) is 3.55. The molecule has 102 valence electrons. The Balaban J connectivity index is 2.31. The highest BCUT2D eigenvalue weighted by atomic mass is 35.5. The number of rotatable bonds is 2. The summed E-state index contributed by atoms with van der Waals surface area (Å²) < 4.78 is 7.08. The lowest BCUT2D eigenvalue weighted by molar-refractivity contribution is 0.414. The zero-order valence-corrected chi connectivity index (χ0v) is 12.0. The number of methoxy groups -OCH3 is 1. The van der Waals surface area contributed by atoms with Gasteiger partial charge in [0.05, 0.1) is 28.9 Å². The van der Waals surface area contributed by atoms with Gasteiger partial charge < -0.3 is 10.5 Å². The molecule has 5 heteroatoms. The van der Waals surface area contributed by atoms with Crippen molar-refractivity contribution in [2.75, 3.05) is 12.8 Å². The van der Waals surface area contributed by atoms with Crippen molar-refractivity contribution in [3.8, 4) is 11.4 Å². The highest BCUT2D eigenvalue weighted by Gasteiger charge is 2.13. The number of hydrogen-bond donors (Lipinski definition) is 1. The molecule has 0 aliphatic rings. The molecule has 0 aliphatic heterocycles. The lowest BCUT2D eigenvalue weighted by atomic mass is 10.2. The maximum absolute atomic E-state index is 6.29. The van der Waals surface area contributed by atoms with Crippen molar-refractivity contribution in [3.05, 3.63) is 47.0 Å². The summed E-state index contributed by atoms with van der Waals surface area (Å²) in [6.07, 6.45) is 0. The quantitative estimate of drug-likeness (QED) is 0.784. The molecule has 20 heavy (non-hydrogen) atoms. The van der Waals surface area contributed by atoms with Crippen LogP contribution in [0.15, 0.2) is 36.4 Å². The fourth-order valence-electron chi connectivity index (χ4n) is 2.25. The molecule has 1 heterocycles. The van der Waals surface area contributed by atoms with E-state index in [0.717, 1.165) is 28.0 Å². The van der Waals surface area contributed by atoms with Gasteiger partial charge in [0.1, 0.15) is 5.75 Å². The summed E-state index contributed by atoms with van der Waals surface area (Å²) in [6.45, 7) is 2.02. The van der Waals surface area contributed by atoms with Gasteiger partial charge in [-0.3, -0.25) is 4.57 Å². The molecule has 0 bridgehead atoms. The second kappa shape index (κ2) is 4.72. The number of nitrogen functional groups attached to an aromatic ring is 1. The van der Waals surface area contributed by atoms with Crippen LogP contribution in [0, 0.1) is 6.92 Å². The van der Waals surface area contributed by atoms with Crippen LogP contribution >= 0.6 is 11.6 Å². The van der Waals surface area contributed by atoms with Crippen LogP contribution in [0.2, 0.25) is 5.02 Å². The minimum Gasteiger partial charge on any atom is -0.497 e. The van der Waals surface area contributed by atoms with Crippen molar-refractivity contribution < 1.29 is 4.74 Å². The van der Waals surface area contributed by atoms with Crippen LogP contribution in [0.3, 0.4) is 0 Å². The fraction of sp³-hybridized carbons (Fsp3) is 0.133. The molecule has 0 radical (unpaired) electrons. The van der Waals surface area contributed by atoms with Crippen LogP contribution in [0.5, 0.6) is 5.75 Å². The number of halogens is 1. The molecule has 2 aromatic carbocycles. The second-order valence-corrected chi connectivity index (χ2v) is 5.02. The van der Waals surface area contributed by atoms with E-state index >= 15 is 0 Å². The van der Waals surface area contributed by atoms with Crippen molar-refractivity contribution >= 4 is 28.6 Å². The molecule has 0 fully saturated rings. The van der Waals surface area contributed by atoms with E-state index in [1.165, 1.54) is 0 Å². The number of imidazole rings is 1. The zero-order chi connectivity index (χ0) is 14.3. The zero-order valence-electron chi connectivity index (χ0n) is 11.2. The largest absolute Gasteiger partial charge is 0.497 e. The maximum Gasteiger partial charge on any atom is 0.205 e. The molecule has 3 aromatic rings. The molecular weight excluding hydrogens is 274 g/mol. The Morgan fingerprint density at radius 3 is 2.75 bits per heavy atom.